The highest BCUT2D eigenvalue weighted by Crippen LogP contribution is 2.34. The van der Waals surface area contributed by atoms with Gasteiger partial charge in [0.15, 0.2) is 0 Å². The Labute approximate surface area is 169 Å². The minimum absolute atomic E-state index is 0.412. The zero-order valence-corrected chi connectivity index (χ0v) is 18.5. The van der Waals surface area contributed by atoms with Crippen LogP contribution in [-0.2, 0) is 12.8 Å². The van der Waals surface area contributed by atoms with Crippen LogP contribution in [0.5, 0.6) is 5.75 Å². The summed E-state index contributed by atoms with van der Waals surface area (Å²) in [6.45, 7) is 11.2. The highest BCUT2D eigenvalue weighted by Gasteiger charge is 2.19. The van der Waals surface area contributed by atoms with Gasteiger partial charge >= 0.3 is 0 Å². The van der Waals surface area contributed by atoms with Crippen LogP contribution in [-0.4, -0.2) is 41.7 Å². The van der Waals surface area contributed by atoms with E-state index in [1.54, 1.807) is 0 Å². The predicted molar refractivity (Wildman–Crippen MR) is 118 cm³/mol. The summed E-state index contributed by atoms with van der Waals surface area (Å²) in [7, 11) is 3.95. The molecule has 1 N–H and O–H groups in total. The number of aryl methyl sites for hydroxylation is 2. The molecule has 6 nitrogen and oxygen atoms in total. The van der Waals surface area contributed by atoms with Gasteiger partial charge in [0.25, 0.3) is 0 Å². The van der Waals surface area contributed by atoms with E-state index in [0.29, 0.717) is 12.6 Å². The number of pyridine rings is 1. The summed E-state index contributed by atoms with van der Waals surface area (Å²) >= 11 is 0. The monoisotopic (exact) mass is 385 g/mol. The number of hydrogen-bond donors (Lipinski definition) is 1. The third kappa shape index (κ3) is 4.91. The molecule has 28 heavy (non-hydrogen) atoms. The average Bonchev–Trinajstić information content (AvgIpc) is 2.71. The molecule has 154 valence electrons. The van der Waals surface area contributed by atoms with E-state index in [2.05, 4.69) is 38.0 Å². The van der Waals surface area contributed by atoms with Crippen molar-refractivity contribution in [1.82, 2.24) is 15.0 Å². The third-order valence-electron chi connectivity index (χ3n) is 4.90. The van der Waals surface area contributed by atoms with E-state index in [0.717, 1.165) is 65.7 Å². The summed E-state index contributed by atoms with van der Waals surface area (Å²) < 4.78 is 5.93. The van der Waals surface area contributed by atoms with Gasteiger partial charge in [-0.1, -0.05) is 27.7 Å². The first kappa shape index (κ1) is 21.9. The molecule has 6 heteroatoms. The number of anilines is 2. The number of hydrogen-bond acceptors (Lipinski definition) is 6. The van der Waals surface area contributed by atoms with Gasteiger partial charge in [-0.25, -0.2) is 15.0 Å². The fourth-order valence-electron chi connectivity index (χ4n) is 3.14. The molecule has 0 atom stereocenters. The topological polar surface area (TPSA) is 63.2 Å². The maximum absolute atomic E-state index is 5.93. The molecule has 0 saturated carbocycles. The molecule has 0 radical (unpaired) electrons. The van der Waals surface area contributed by atoms with Crippen molar-refractivity contribution < 1.29 is 4.74 Å². The van der Waals surface area contributed by atoms with Crippen molar-refractivity contribution in [3.8, 4) is 17.0 Å². The van der Waals surface area contributed by atoms with Crippen LogP contribution in [0.1, 0.15) is 58.8 Å². The zero-order valence-electron chi connectivity index (χ0n) is 18.5. The van der Waals surface area contributed by atoms with E-state index in [4.69, 9.17) is 14.7 Å². The Hall–Kier alpha value is -2.37. The summed E-state index contributed by atoms with van der Waals surface area (Å²) in [5.41, 5.74) is 3.72. The second kappa shape index (κ2) is 10.2. The normalized spacial score (nSPS) is 11.0. The summed E-state index contributed by atoms with van der Waals surface area (Å²) in [5, 5.41) is 3.59. The lowest BCUT2D eigenvalue weighted by Crippen LogP contribution is -2.20. The molecule has 0 amide bonds. The van der Waals surface area contributed by atoms with Gasteiger partial charge in [-0.15, -0.1) is 0 Å². The first-order valence-corrected chi connectivity index (χ1v) is 10.5. The number of ether oxygens (including phenoxy) is 1. The fourth-order valence-corrected chi connectivity index (χ4v) is 3.14. The summed E-state index contributed by atoms with van der Waals surface area (Å²) in [6, 6.07) is 2.39. The van der Waals surface area contributed by atoms with E-state index < -0.39 is 0 Å². The van der Waals surface area contributed by atoms with Crippen molar-refractivity contribution >= 4 is 11.6 Å². The Kier molecular flexibility index (Phi) is 8.03. The maximum Gasteiger partial charge on any atom is 0.148 e. The number of aromatic nitrogens is 3. The number of nitrogens with zero attached hydrogens (tertiary/aromatic N) is 4. The van der Waals surface area contributed by atoms with Crippen molar-refractivity contribution in [3.63, 3.8) is 0 Å². The van der Waals surface area contributed by atoms with Crippen LogP contribution in [0, 0.1) is 0 Å². The molecule has 2 aromatic heterocycles. The smallest absolute Gasteiger partial charge is 0.148 e. The summed E-state index contributed by atoms with van der Waals surface area (Å²) in [5.74, 6) is 2.57. The third-order valence-corrected chi connectivity index (χ3v) is 4.90. The van der Waals surface area contributed by atoms with E-state index in [-0.39, 0.29) is 0 Å². The van der Waals surface area contributed by atoms with E-state index >= 15 is 0 Å². The van der Waals surface area contributed by atoms with Crippen LogP contribution in [0.4, 0.5) is 11.6 Å². The quantitative estimate of drug-likeness (QED) is 0.638. The molecule has 0 aliphatic rings. The molecule has 0 aliphatic carbocycles. The summed E-state index contributed by atoms with van der Waals surface area (Å²) in [4.78, 5) is 16.5. The second-order valence-corrected chi connectivity index (χ2v) is 7.05. The first-order valence-electron chi connectivity index (χ1n) is 10.5. The van der Waals surface area contributed by atoms with Gasteiger partial charge in [0, 0.05) is 32.4 Å². The molecule has 0 aliphatic heterocycles. The Morgan fingerprint density at radius 3 is 2.21 bits per heavy atom. The van der Waals surface area contributed by atoms with E-state index in [1.807, 2.05) is 38.2 Å². The van der Waals surface area contributed by atoms with Crippen LogP contribution in [0.2, 0.25) is 0 Å². The van der Waals surface area contributed by atoms with E-state index in [1.165, 1.54) is 0 Å². The minimum Gasteiger partial charge on any atom is -0.493 e. The second-order valence-electron chi connectivity index (χ2n) is 7.05. The maximum atomic E-state index is 5.93. The van der Waals surface area contributed by atoms with Crippen LogP contribution >= 0.6 is 0 Å². The molecule has 0 spiro atoms. The molecule has 2 aromatic rings. The van der Waals surface area contributed by atoms with Crippen molar-refractivity contribution in [2.75, 3.05) is 30.9 Å². The molecule has 0 saturated heterocycles. The van der Waals surface area contributed by atoms with Gasteiger partial charge in [0.1, 0.15) is 17.4 Å². The van der Waals surface area contributed by atoms with Gasteiger partial charge in [-0.05, 0) is 32.6 Å². The lowest BCUT2D eigenvalue weighted by atomic mass is 10.1. The van der Waals surface area contributed by atoms with E-state index in [9.17, 15) is 0 Å². The SMILES string of the molecule is CCOc1cc(N(C)C)ncc1-c1nc(CC)c(NC(CC)CC)nc1CC. The van der Waals surface area contributed by atoms with Crippen molar-refractivity contribution in [2.45, 2.75) is 66.3 Å². The molecule has 0 unspecified atom stereocenters. The van der Waals surface area contributed by atoms with Gasteiger partial charge in [-0.2, -0.15) is 0 Å². The number of rotatable bonds is 10. The van der Waals surface area contributed by atoms with Crippen molar-refractivity contribution in [1.29, 1.82) is 0 Å². The highest BCUT2D eigenvalue weighted by molar-refractivity contribution is 5.71. The molecule has 0 aromatic carbocycles. The molecule has 2 rings (SSSR count). The van der Waals surface area contributed by atoms with Gasteiger partial charge < -0.3 is 15.0 Å². The Balaban J connectivity index is 2.59. The molecule has 2 heterocycles. The van der Waals surface area contributed by atoms with Crippen molar-refractivity contribution in [3.05, 3.63) is 23.7 Å². The highest BCUT2D eigenvalue weighted by atomic mass is 16.5. The number of nitrogens with one attached hydrogen (secondary N) is 1. The lowest BCUT2D eigenvalue weighted by Gasteiger charge is -2.21. The fraction of sp³-hybridized carbons (Fsp3) is 0.591. The molecule has 0 fully saturated rings. The predicted octanol–water partition coefficient (Wildman–Crippen LogP) is 4.73. The van der Waals surface area contributed by atoms with Crippen molar-refractivity contribution in [2.24, 2.45) is 0 Å². The van der Waals surface area contributed by atoms with Gasteiger partial charge in [0.05, 0.1) is 29.3 Å². The Morgan fingerprint density at radius 1 is 1.00 bits per heavy atom. The van der Waals surface area contributed by atoms with Gasteiger partial charge in [-0.3, -0.25) is 0 Å². The van der Waals surface area contributed by atoms with Gasteiger partial charge in [0.2, 0.25) is 0 Å². The zero-order chi connectivity index (χ0) is 20.7. The largest absolute Gasteiger partial charge is 0.493 e. The lowest BCUT2D eigenvalue weighted by molar-refractivity contribution is 0.341. The molecular weight excluding hydrogens is 350 g/mol. The minimum atomic E-state index is 0.412. The molecular formula is C22H35N5O. The first-order chi connectivity index (χ1) is 13.5. The Morgan fingerprint density at radius 2 is 1.68 bits per heavy atom. The Bertz CT molecular complexity index is 772. The van der Waals surface area contributed by atoms with Crippen LogP contribution in [0.3, 0.4) is 0 Å². The summed E-state index contributed by atoms with van der Waals surface area (Å²) in [6.07, 6.45) is 5.60. The van der Waals surface area contributed by atoms with Crippen LogP contribution < -0.4 is 15.0 Å². The van der Waals surface area contributed by atoms with Crippen LogP contribution in [0.25, 0.3) is 11.3 Å². The standard InChI is InChI=1S/C22H35N5O/c1-8-15(9-2)24-22-18(11-4)25-21(17(10-3)26-22)16-14-23-20(27(6)7)13-19(16)28-12-5/h13-15H,8-12H2,1-7H3,(H,24,26). The van der Waals surface area contributed by atoms with Crippen LogP contribution in [0.15, 0.2) is 12.3 Å². The average molecular weight is 386 g/mol. The molecule has 0 bridgehead atoms.